The van der Waals surface area contributed by atoms with Gasteiger partial charge in [0.2, 0.25) is 0 Å². The molecular weight excluding hydrogens is 336 g/mol. The van der Waals surface area contributed by atoms with E-state index < -0.39 is 0 Å². The zero-order valence-electron chi connectivity index (χ0n) is 16.2. The quantitative estimate of drug-likeness (QED) is 0.755. The van der Waals surface area contributed by atoms with Crippen LogP contribution in [0, 0.1) is 5.92 Å². The molecule has 0 atom stereocenters. The van der Waals surface area contributed by atoms with Crippen LogP contribution >= 0.6 is 0 Å². The molecule has 0 unspecified atom stereocenters. The molecule has 4 rings (SSSR count). The van der Waals surface area contributed by atoms with Crippen molar-refractivity contribution in [2.75, 3.05) is 20.1 Å². The fourth-order valence-electron chi connectivity index (χ4n) is 3.94. The van der Waals surface area contributed by atoms with Crippen LogP contribution in [-0.4, -0.2) is 40.5 Å². The summed E-state index contributed by atoms with van der Waals surface area (Å²) in [6.45, 7) is 7.85. The lowest BCUT2D eigenvalue weighted by Gasteiger charge is -2.19. The predicted octanol–water partition coefficient (Wildman–Crippen LogP) is 3.53. The maximum atomic E-state index is 12.3. The van der Waals surface area contributed by atoms with Crippen LogP contribution in [0.4, 0.5) is 0 Å². The number of carbonyl (C=O) groups excluding carboxylic acids is 1. The zero-order chi connectivity index (χ0) is 19.0. The highest BCUT2D eigenvalue weighted by atomic mass is 16.1. The van der Waals surface area contributed by atoms with E-state index >= 15 is 0 Å². The molecule has 5 nitrogen and oxygen atoms in total. The smallest absolute Gasteiger partial charge is 0.253 e. The van der Waals surface area contributed by atoms with Crippen LogP contribution in [0.15, 0.2) is 42.5 Å². The van der Waals surface area contributed by atoms with Crippen LogP contribution in [-0.2, 0) is 13.1 Å². The lowest BCUT2D eigenvalue weighted by atomic mass is 10.1. The van der Waals surface area contributed by atoms with Gasteiger partial charge < -0.3 is 14.8 Å². The number of benzene rings is 2. The third kappa shape index (κ3) is 3.47. The van der Waals surface area contributed by atoms with E-state index in [-0.39, 0.29) is 5.91 Å². The minimum absolute atomic E-state index is 0.0191. The average molecular weight is 362 g/mol. The molecule has 0 fully saturated rings. The van der Waals surface area contributed by atoms with Gasteiger partial charge in [-0.25, -0.2) is 4.98 Å². The van der Waals surface area contributed by atoms with Crippen molar-refractivity contribution in [2.45, 2.75) is 26.9 Å². The number of hydrogen-bond acceptors (Lipinski definition) is 3. The third-order valence-corrected chi connectivity index (χ3v) is 4.97. The summed E-state index contributed by atoms with van der Waals surface area (Å²) < 4.78 is 2.17. The monoisotopic (exact) mass is 362 g/mol. The molecule has 27 heavy (non-hydrogen) atoms. The van der Waals surface area contributed by atoms with Crippen molar-refractivity contribution in [2.24, 2.45) is 5.92 Å². The van der Waals surface area contributed by atoms with Crippen molar-refractivity contribution in [3.8, 4) is 11.4 Å². The predicted molar refractivity (Wildman–Crippen MR) is 109 cm³/mol. The molecule has 0 spiro atoms. The molecule has 0 saturated heterocycles. The summed E-state index contributed by atoms with van der Waals surface area (Å²) in [5.74, 6) is 1.57. The number of para-hydroxylation sites is 1. The Labute approximate surface area is 160 Å². The van der Waals surface area contributed by atoms with Gasteiger partial charge >= 0.3 is 0 Å². The standard InChI is InChI=1S/C22H26N4O/c1-15(2)13-25(3)14-16-7-9-17(10-8-16)21-24-19-6-4-5-18-20(19)26(21)12-11-23-22(18)27/h4-10,15H,11-14H2,1-3H3,(H,23,27). The number of amides is 1. The van der Waals surface area contributed by atoms with Gasteiger partial charge in [-0.3, -0.25) is 4.79 Å². The SMILES string of the molecule is CC(C)CN(C)Cc1ccc(-c2nc3cccc4c3n2CCNC4=O)cc1. The molecule has 1 amide bonds. The van der Waals surface area contributed by atoms with E-state index in [1.807, 2.05) is 18.2 Å². The van der Waals surface area contributed by atoms with Crippen molar-refractivity contribution in [1.82, 2.24) is 19.8 Å². The van der Waals surface area contributed by atoms with E-state index in [1.54, 1.807) is 0 Å². The Kier molecular flexibility index (Phi) is 4.70. The second-order valence-corrected chi connectivity index (χ2v) is 7.80. The summed E-state index contributed by atoms with van der Waals surface area (Å²) in [5.41, 5.74) is 4.90. The highest BCUT2D eigenvalue weighted by Gasteiger charge is 2.21. The highest BCUT2D eigenvalue weighted by molar-refractivity contribution is 6.06. The zero-order valence-corrected chi connectivity index (χ0v) is 16.2. The third-order valence-electron chi connectivity index (χ3n) is 4.97. The molecule has 1 N–H and O–H groups in total. The molecule has 3 aromatic rings. The Hall–Kier alpha value is -2.66. The minimum Gasteiger partial charge on any atom is -0.350 e. The van der Waals surface area contributed by atoms with E-state index in [1.165, 1.54) is 5.56 Å². The fraction of sp³-hybridized carbons (Fsp3) is 0.364. The maximum absolute atomic E-state index is 12.3. The summed E-state index contributed by atoms with van der Waals surface area (Å²) in [6, 6.07) is 14.4. The first kappa shape index (κ1) is 17.7. The first-order valence-corrected chi connectivity index (χ1v) is 9.58. The first-order valence-electron chi connectivity index (χ1n) is 9.58. The van der Waals surface area contributed by atoms with Crippen LogP contribution in [0.1, 0.15) is 29.8 Å². The van der Waals surface area contributed by atoms with Gasteiger partial charge in [0.1, 0.15) is 5.82 Å². The molecule has 2 heterocycles. The first-order chi connectivity index (χ1) is 13.0. The van der Waals surface area contributed by atoms with Gasteiger partial charge in [-0.05, 0) is 30.7 Å². The lowest BCUT2D eigenvalue weighted by molar-refractivity contribution is 0.0956. The van der Waals surface area contributed by atoms with E-state index in [0.29, 0.717) is 18.0 Å². The maximum Gasteiger partial charge on any atom is 0.253 e. The van der Waals surface area contributed by atoms with Gasteiger partial charge in [0.25, 0.3) is 5.91 Å². The lowest BCUT2D eigenvalue weighted by Crippen LogP contribution is -2.24. The number of nitrogens with one attached hydrogen (secondary N) is 1. The number of hydrogen-bond donors (Lipinski definition) is 1. The van der Waals surface area contributed by atoms with Crippen molar-refractivity contribution in [3.05, 3.63) is 53.6 Å². The van der Waals surface area contributed by atoms with E-state index in [2.05, 4.69) is 59.9 Å². The minimum atomic E-state index is -0.0191. The van der Waals surface area contributed by atoms with Crippen molar-refractivity contribution in [3.63, 3.8) is 0 Å². The van der Waals surface area contributed by atoms with Crippen LogP contribution in [0.5, 0.6) is 0 Å². The largest absolute Gasteiger partial charge is 0.350 e. The highest BCUT2D eigenvalue weighted by Crippen LogP contribution is 2.28. The van der Waals surface area contributed by atoms with Crippen LogP contribution in [0.2, 0.25) is 0 Å². The van der Waals surface area contributed by atoms with Crippen LogP contribution in [0.3, 0.4) is 0 Å². The number of rotatable bonds is 5. The Morgan fingerprint density at radius 3 is 2.70 bits per heavy atom. The second-order valence-electron chi connectivity index (χ2n) is 7.80. The summed E-state index contributed by atoms with van der Waals surface area (Å²) in [4.78, 5) is 19.5. The molecule has 0 radical (unpaired) electrons. The van der Waals surface area contributed by atoms with Crippen LogP contribution < -0.4 is 5.32 Å². The molecule has 1 aliphatic heterocycles. The molecule has 5 heteroatoms. The Balaban J connectivity index is 1.68. The molecule has 140 valence electrons. The molecule has 1 aromatic heterocycles. The van der Waals surface area contributed by atoms with Gasteiger partial charge in [0.05, 0.1) is 16.6 Å². The number of nitrogens with zero attached hydrogens (tertiary/aromatic N) is 3. The number of imidazole rings is 1. The van der Waals surface area contributed by atoms with Crippen molar-refractivity contribution < 1.29 is 4.79 Å². The van der Waals surface area contributed by atoms with E-state index in [0.717, 1.165) is 42.1 Å². The van der Waals surface area contributed by atoms with Crippen molar-refractivity contribution >= 4 is 16.9 Å². The van der Waals surface area contributed by atoms with Crippen molar-refractivity contribution in [1.29, 1.82) is 0 Å². The Morgan fingerprint density at radius 1 is 1.19 bits per heavy atom. The fourth-order valence-corrected chi connectivity index (χ4v) is 3.94. The summed E-state index contributed by atoms with van der Waals surface area (Å²) in [5, 5.41) is 2.97. The molecule has 0 bridgehead atoms. The Bertz CT molecular complexity index is 972. The van der Waals surface area contributed by atoms with Crippen LogP contribution in [0.25, 0.3) is 22.4 Å². The topological polar surface area (TPSA) is 50.2 Å². The number of aromatic nitrogens is 2. The van der Waals surface area contributed by atoms with Gasteiger partial charge in [-0.2, -0.15) is 0 Å². The molecule has 0 aliphatic carbocycles. The Morgan fingerprint density at radius 2 is 1.96 bits per heavy atom. The molecule has 0 saturated carbocycles. The molecular formula is C22H26N4O. The van der Waals surface area contributed by atoms with E-state index in [9.17, 15) is 4.79 Å². The molecule has 2 aromatic carbocycles. The van der Waals surface area contributed by atoms with Gasteiger partial charge in [-0.15, -0.1) is 0 Å². The van der Waals surface area contributed by atoms with Gasteiger partial charge in [0.15, 0.2) is 0 Å². The second kappa shape index (κ2) is 7.16. The van der Waals surface area contributed by atoms with E-state index in [4.69, 9.17) is 4.98 Å². The van der Waals surface area contributed by atoms with Gasteiger partial charge in [-0.1, -0.05) is 44.2 Å². The van der Waals surface area contributed by atoms with Gasteiger partial charge in [0, 0.05) is 31.7 Å². The molecule has 1 aliphatic rings. The summed E-state index contributed by atoms with van der Waals surface area (Å²) >= 11 is 0. The summed E-state index contributed by atoms with van der Waals surface area (Å²) in [6.07, 6.45) is 0. The summed E-state index contributed by atoms with van der Waals surface area (Å²) in [7, 11) is 2.16. The normalized spacial score (nSPS) is 14.0. The average Bonchev–Trinajstić information content (AvgIpc) is 2.91. The number of carbonyl (C=O) groups is 1.